The fourth-order valence-corrected chi connectivity index (χ4v) is 2.48. The molecule has 0 radical (unpaired) electrons. The summed E-state index contributed by atoms with van der Waals surface area (Å²) in [7, 11) is 0. The molecule has 0 aromatic heterocycles. The fraction of sp³-hybridized carbons (Fsp3) is 0.933. The lowest BCUT2D eigenvalue weighted by Crippen LogP contribution is -2.38. The number of hydrogen-bond donors (Lipinski definition) is 2. The van der Waals surface area contributed by atoms with Gasteiger partial charge in [0.25, 0.3) is 0 Å². The quantitative estimate of drug-likeness (QED) is 0.733. The molecule has 1 aliphatic carbocycles. The molecule has 1 saturated carbocycles. The molecule has 0 spiro atoms. The average Bonchev–Trinajstić information content (AvgIpc) is 2.72. The lowest BCUT2D eigenvalue weighted by Gasteiger charge is -2.26. The molecular weight excluding hydrogens is 254 g/mol. The molecule has 0 aliphatic heterocycles. The van der Waals surface area contributed by atoms with Gasteiger partial charge >= 0.3 is 6.09 Å². The van der Waals surface area contributed by atoms with E-state index in [4.69, 9.17) is 10.5 Å². The normalized spacial score (nSPS) is 22.9. The number of amides is 1. The summed E-state index contributed by atoms with van der Waals surface area (Å²) in [4.78, 5) is 13.7. The molecule has 118 valence electrons. The zero-order valence-corrected chi connectivity index (χ0v) is 13.4. The maximum Gasteiger partial charge on any atom is 0.410 e. The predicted molar refractivity (Wildman–Crippen MR) is 81.7 cm³/mol. The fourth-order valence-electron chi connectivity index (χ4n) is 2.48. The van der Waals surface area contributed by atoms with Gasteiger partial charge in [0.05, 0.1) is 0 Å². The van der Waals surface area contributed by atoms with E-state index < -0.39 is 5.60 Å². The molecule has 0 heterocycles. The van der Waals surface area contributed by atoms with Crippen molar-refractivity contribution in [1.29, 1.82) is 0 Å². The van der Waals surface area contributed by atoms with Crippen LogP contribution in [0.2, 0.25) is 0 Å². The lowest BCUT2D eigenvalue weighted by atomic mass is 10.2. The number of rotatable bonds is 6. The van der Waals surface area contributed by atoms with E-state index in [9.17, 15) is 4.79 Å². The van der Waals surface area contributed by atoms with E-state index in [0.717, 1.165) is 32.4 Å². The van der Waals surface area contributed by atoms with Gasteiger partial charge in [0.15, 0.2) is 0 Å². The second kappa shape index (κ2) is 7.84. The Morgan fingerprint density at radius 1 is 1.40 bits per heavy atom. The molecule has 1 rings (SSSR count). The third-order valence-electron chi connectivity index (χ3n) is 3.54. The summed E-state index contributed by atoms with van der Waals surface area (Å²) in [6.07, 6.45) is 4.09. The zero-order valence-electron chi connectivity index (χ0n) is 13.4. The van der Waals surface area contributed by atoms with Crippen molar-refractivity contribution in [1.82, 2.24) is 10.2 Å². The first-order valence-electron chi connectivity index (χ1n) is 7.78. The molecule has 2 atom stereocenters. The van der Waals surface area contributed by atoms with E-state index in [1.807, 2.05) is 27.7 Å². The number of hydrogen-bond acceptors (Lipinski definition) is 4. The van der Waals surface area contributed by atoms with E-state index in [2.05, 4.69) is 5.32 Å². The number of nitrogens with two attached hydrogens (primary N) is 1. The van der Waals surface area contributed by atoms with Gasteiger partial charge in [-0.05, 0) is 59.9 Å². The highest BCUT2D eigenvalue weighted by atomic mass is 16.6. The van der Waals surface area contributed by atoms with Gasteiger partial charge in [-0.1, -0.05) is 0 Å². The minimum absolute atomic E-state index is 0.220. The van der Waals surface area contributed by atoms with Crippen molar-refractivity contribution < 1.29 is 9.53 Å². The standard InChI is InChI=1S/C15H31N3O2/c1-5-18(14(19)20-15(2,3)4)10-6-9-17-13-8-7-12(16)11-13/h12-13,17H,5-11,16H2,1-4H3. The highest BCUT2D eigenvalue weighted by Gasteiger charge is 2.22. The van der Waals surface area contributed by atoms with Crippen LogP contribution in [0.4, 0.5) is 4.79 Å². The van der Waals surface area contributed by atoms with Crippen molar-refractivity contribution in [2.75, 3.05) is 19.6 Å². The summed E-state index contributed by atoms with van der Waals surface area (Å²) in [5.74, 6) is 0. The predicted octanol–water partition coefficient (Wildman–Crippen LogP) is 2.10. The van der Waals surface area contributed by atoms with Crippen LogP contribution in [-0.4, -0.2) is 48.3 Å². The van der Waals surface area contributed by atoms with E-state index in [-0.39, 0.29) is 6.09 Å². The van der Waals surface area contributed by atoms with Gasteiger partial charge < -0.3 is 20.7 Å². The van der Waals surface area contributed by atoms with Crippen molar-refractivity contribution >= 4 is 6.09 Å². The van der Waals surface area contributed by atoms with Gasteiger partial charge in [-0.15, -0.1) is 0 Å². The van der Waals surface area contributed by atoms with Crippen LogP contribution in [0.3, 0.4) is 0 Å². The van der Waals surface area contributed by atoms with Crippen LogP contribution in [0.15, 0.2) is 0 Å². The van der Waals surface area contributed by atoms with Crippen LogP contribution in [0, 0.1) is 0 Å². The Balaban J connectivity index is 2.19. The summed E-state index contributed by atoms with van der Waals surface area (Å²) >= 11 is 0. The minimum atomic E-state index is -0.428. The summed E-state index contributed by atoms with van der Waals surface area (Å²) in [5.41, 5.74) is 5.46. The SMILES string of the molecule is CCN(CCCNC1CCC(N)C1)C(=O)OC(C)(C)C. The Hall–Kier alpha value is -0.810. The van der Waals surface area contributed by atoms with Gasteiger partial charge in [0, 0.05) is 25.2 Å². The Morgan fingerprint density at radius 3 is 2.60 bits per heavy atom. The van der Waals surface area contributed by atoms with Crippen LogP contribution < -0.4 is 11.1 Å². The Bertz CT molecular complexity index is 302. The third-order valence-corrected chi connectivity index (χ3v) is 3.54. The number of carbonyl (C=O) groups excluding carboxylic acids is 1. The molecule has 1 fully saturated rings. The van der Waals surface area contributed by atoms with E-state index >= 15 is 0 Å². The molecule has 0 aromatic rings. The van der Waals surface area contributed by atoms with Crippen molar-refractivity contribution in [2.45, 2.75) is 71.1 Å². The smallest absolute Gasteiger partial charge is 0.410 e. The van der Waals surface area contributed by atoms with Gasteiger partial charge in [0.2, 0.25) is 0 Å². The van der Waals surface area contributed by atoms with Gasteiger partial charge in [0.1, 0.15) is 5.60 Å². The summed E-state index contributed by atoms with van der Waals surface area (Å²) in [6, 6.07) is 0.919. The number of nitrogens with one attached hydrogen (secondary N) is 1. The summed E-state index contributed by atoms with van der Waals surface area (Å²) in [6.45, 7) is 10.0. The Labute approximate surface area is 123 Å². The number of carbonyl (C=O) groups is 1. The second-order valence-electron chi connectivity index (χ2n) is 6.64. The molecule has 20 heavy (non-hydrogen) atoms. The highest BCUT2D eigenvalue weighted by molar-refractivity contribution is 5.68. The van der Waals surface area contributed by atoms with Gasteiger partial charge in [-0.25, -0.2) is 4.79 Å². The van der Waals surface area contributed by atoms with Crippen LogP contribution in [0.5, 0.6) is 0 Å². The monoisotopic (exact) mass is 285 g/mol. The topological polar surface area (TPSA) is 67.6 Å². The van der Waals surface area contributed by atoms with Crippen molar-refractivity contribution in [2.24, 2.45) is 5.73 Å². The molecule has 1 amide bonds. The zero-order chi connectivity index (χ0) is 15.2. The number of nitrogens with zero attached hydrogens (tertiary/aromatic N) is 1. The molecule has 0 aromatic carbocycles. The molecular formula is C15H31N3O2. The molecule has 5 heteroatoms. The van der Waals surface area contributed by atoms with Crippen LogP contribution in [-0.2, 0) is 4.74 Å². The summed E-state index contributed by atoms with van der Waals surface area (Å²) < 4.78 is 5.39. The van der Waals surface area contributed by atoms with Crippen molar-refractivity contribution in [3.63, 3.8) is 0 Å². The van der Waals surface area contributed by atoms with E-state index in [0.29, 0.717) is 18.6 Å². The first-order valence-corrected chi connectivity index (χ1v) is 7.78. The largest absolute Gasteiger partial charge is 0.444 e. The molecule has 2 unspecified atom stereocenters. The first-order chi connectivity index (χ1) is 9.31. The molecule has 1 aliphatic rings. The third kappa shape index (κ3) is 6.57. The van der Waals surface area contributed by atoms with Crippen molar-refractivity contribution in [3.8, 4) is 0 Å². The maximum atomic E-state index is 12.0. The van der Waals surface area contributed by atoms with E-state index in [1.54, 1.807) is 4.90 Å². The van der Waals surface area contributed by atoms with Crippen molar-refractivity contribution in [3.05, 3.63) is 0 Å². The average molecular weight is 285 g/mol. The van der Waals surface area contributed by atoms with Crippen LogP contribution >= 0.6 is 0 Å². The molecule has 0 saturated heterocycles. The van der Waals surface area contributed by atoms with Crippen LogP contribution in [0.1, 0.15) is 53.4 Å². The molecule has 3 N–H and O–H groups in total. The number of ether oxygens (including phenoxy) is 1. The minimum Gasteiger partial charge on any atom is -0.444 e. The summed E-state index contributed by atoms with van der Waals surface area (Å²) in [5, 5.41) is 3.52. The molecule has 0 bridgehead atoms. The van der Waals surface area contributed by atoms with Crippen LogP contribution in [0.25, 0.3) is 0 Å². The van der Waals surface area contributed by atoms with Gasteiger partial charge in [-0.3, -0.25) is 0 Å². The van der Waals surface area contributed by atoms with E-state index in [1.165, 1.54) is 6.42 Å². The molecule has 5 nitrogen and oxygen atoms in total. The maximum absolute atomic E-state index is 12.0. The Kier molecular flexibility index (Phi) is 6.76. The first kappa shape index (κ1) is 17.2. The van der Waals surface area contributed by atoms with Gasteiger partial charge in [-0.2, -0.15) is 0 Å². The Morgan fingerprint density at radius 2 is 2.10 bits per heavy atom. The highest BCUT2D eigenvalue weighted by Crippen LogP contribution is 2.16. The lowest BCUT2D eigenvalue weighted by molar-refractivity contribution is 0.0258. The second-order valence-corrected chi connectivity index (χ2v) is 6.64.